The van der Waals surface area contributed by atoms with Crippen molar-refractivity contribution in [3.05, 3.63) is 28.0 Å². The molecule has 2 rings (SSSR count). The van der Waals surface area contributed by atoms with E-state index in [9.17, 15) is 0 Å². The van der Waals surface area contributed by atoms with Crippen molar-refractivity contribution in [1.82, 2.24) is 9.97 Å². The zero-order valence-corrected chi connectivity index (χ0v) is 8.51. The van der Waals surface area contributed by atoms with E-state index in [0.717, 1.165) is 21.1 Å². The number of nitrogens with zero attached hydrogens (tertiary/aromatic N) is 2. The van der Waals surface area contributed by atoms with Gasteiger partial charge in [-0.1, -0.05) is 0 Å². The molecule has 13 heavy (non-hydrogen) atoms. The van der Waals surface area contributed by atoms with Crippen LogP contribution in [0.4, 0.5) is 0 Å². The molecule has 0 aromatic carbocycles. The Hall–Kier alpha value is -1.34. The number of aromatic nitrogens is 2. The average molecular weight is 236 g/mol. The monoisotopic (exact) mass is 235 g/mol. The van der Waals surface area contributed by atoms with Gasteiger partial charge < -0.3 is 4.98 Å². The van der Waals surface area contributed by atoms with Gasteiger partial charge in [-0.2, -0.15) is 5.26 Å². The molecular formula is C9H6BrN3. The summed E-state index contributed by atoms with van der Waals surface area (Å²) in [5.41, 5.74) is 2.41. The molecule has 0 aliphatic carbocycles. The third kappa shape index (κ3) is 1.21. The van der Waals surface area contributed by atoms with Crippen molar-refractivity contribution >= 4 is 27.0 Å². The third-order valence-electron chi connectivity index (χ3n) is 1.99. The summed E-state index contributed by atoms with van der Waals surface area (Å²) in [6.07, 6.45) is 1.73. The first kappa shape index (κ1) is 8.27. The van der Waals surface area contributed by atoms with Crippen molar-refractivity contribution in [3.8, 4) is 6.07 Å². The maximum absolute atomic E-state index is 8.68. The normalized spacial score (nSPS) is 10.2. The predicted molar refractivity (Wildman–Crippen MR) is 53.2 cm³/mol. The van der Waals surface area contributed by atoms with Crippen LogP contribution in [0.5, 0.6) is 0 Å². The molecule has 2 heterocycles. The molecule has 0 amide bonds. The quantitative estimate of drug-likeness (QED) is 0.763. The van der Waals surface area contributed by atoms with Crippen molar-refractivity contribution in [2.24, 2.45) is 0 Å². The van der Waals surface area contributed by atoms with Crippen molar-refractivity contribution in [3.63, 3.8) is 0 Å². The summed E-state index contributed by atoms with van der Waals surface area (Å²) < 4.78 is 0.962. The predicted octanol–water partition coefficient (Wildman–Crippen LogP) is 2.51. The molecule has 0 atom stereocenters. The first-order valence-electron chi connectivity index (χ1n) is 3.76. The van der Waals surface area contributed by atoms with Crippen molar-refractivity contribution in [1.29, 1.82) is 5.26 Å². The minimum Gasteiger partial charge on any atom is -0.331 e. The molecule has 4 heteroatoms. The van der Waals surface area contributed by atoms with Crippen LogP contribution < -0.4 is 0 Å². The van der Waals surface area contributed by atoms with E-state index < -0.39 is 0 Å². The summed E-state index contributed by atoms with van der Waals surface area (Å²) >= 11 is 3.39. The van der Waals surface area contributed by atoms with E-state index >= 15 is 0 Å². The van der Waals surface area contributed by atoms with Gasteiger partial charge in [0.1, 0.15) is 17.4 Å². The number of halogens is 1. The van der Waals surface area contributed by atoms with Crippen molar-refractivity contribution in [2.45, 2.75) is 6.92 Å². The van der Waals surface area contributed by atoms with Gasteiger partial charge in [0.25, 0.3) is 0 Å². The summed E-state index contributed by atoms with van der Waals surface area (Å²) in [5.74, 6) is 0. The summed E-state index contributed by atoms with van der Waals surface area (Å²) in [5, 5.41) is 9.67. The molecule has 0 spiro atoms. The van der Waals surface area contributed by atoms with Crippen LogP contribution in [0.25, 0.3) is 11.0 Å². The Morgan fingerprint density at radius 3 is 3.08 bits per heavy atom. The van der Waals surface area contributed by atoms with Gasteiger partial charge >= 0.3 is 0 Å². The zero-order valence-electron chi connectivity index (χ0n) is 6.93. The molecule has 2 aromatic rings. The zero-order chi connectivity index (χ0) is 9.42. The van der Waals surface area contributed by atoms with Crippen LogP contribution in [0.1, 0.15) is 11.3 Å². The molecular weight excluding hydrogens is 230 g/mol. The number of aromatic amines is 1. The minimum atomic E-state index is 0.545. The lowest BCUT2D eigenvalue weighted by Crippen LogP contribution is -1.81. The van der Waals surface area contributed by atoms with Gasteiger partial charge in [-0.25, -0.2) is 4.98 Å². The highest BCUT2D eigenvalue weighted by Gasteiger charge is 2.05. The maximum Gasteiger partial charge on any atom is 0.138 e. The van der Waals surface area contributed by atoms with Gasteiger partial charge in [-0.3, -0.25) is 0 Å². The standard InChI is InChI=1S/C9H6BrN3/c1-5-7-2-6(3-11)13-9(7)12-4-8(5)10/h2,4H,1H3,(H,12,13). The van der Waals surface area contributed by atoms with Gasteiger partial charge in [0.2, 0.25) is 0 Å². The largest absolute Gasteiger partial charge is 0.331 e. The molecule has 0 fully saturated rings. The van der Waals surface area contributed by atoms with Crippen LogP contribution in [0.3, 0.4) is 0 Å². The second-order valence-corrected chi connectivity index (χ2v) is 3.64. The number of nitriles is 1. The lowest BCUT2D eigenvalue weighted by molar-refractivity contribution is 1.27. The summed E-state index contributed by atoms with van der Waals surface area (Å²) in [7, 11) is 0. The van der Waals surface area contributed by atoms with Gasteiger partial charge in [0, 0.05) is 16.1 Å². The number of hydrogen-bond acceptors (Lipinski definition) is 2. The van der Waals surface area contributed by atoms with Gasteiger partial charge in [0.15, 0.2) is 0 Å². The lowest BCUT2D eigenvalue weighted by atomic mass is 10.2. The van der Waals surface area contributed by atoms with Crippen LogP contribution in [0.2, 0.25) is 0 Å². The van der Waals surface area contributed by atoms with Crippen LogP contribution in [-0.4, -0.2) is 9.97 Å². The highest BCUT2D eigenvalue weighted by Crippen LogP contribution is 2.23. The topological polar surface area (TPSA) is 52.5 Å². The molecule has 0 aliphatic heterocycles. The maximum atomic E-state index is 8.68. The van der Waals surface area contributed by atoms with Gasteiger partial charge in [-0.05, 0) is 34.5 Å². The highest BCUT2D eigenvalue weighted by molar-refractivity contribution is 9.10. The Labute approximate surface area is 83.5 Å². The molecule has 2 aromatic heterocycles. The number of rotatable bonds is 0. The first-order valence-corrected chi connectivity index (χ1v) is 4.55. The summed E-state index contributed by atoms with van der Waals surface area (Å²) in [6.45, 7) is 1.99. The number of pyridine rings is 1. The molecule has 0 radical (unpaired) electrons. The van der Waals surface area contributed by atoms with Crippen LogP contribution >= 0.6 is 15.9 Å². The number of nitrogens with one attached hydrogen (secondary N) is 1. The second kappa shape index (κ2) is 2.86. The van der Waals surface area contributed by atoms with E-state index in [1.165, 1.54) is 0 Å². The minimum absolute atomic E-state index is 0.545. The van der Waals surface area contributed by atoms with Crippen molar-refractivity contribution < 1.29 is 0 Å². The lowest BCUT2D eigenvalue weighted by Gasteiger charge is -1.96. The average Bonchev–Trinajstić information content (AvgIpc) is 2.55. The Morgan fingerprint density at radius 2 is 2.38 bits per heavy atom. The van der Waals surface area contributed by atoms with Crippen LogP contribution in [0, 0.1) is 18.3 Å². The molecule has 0 unspecified atom stereocenters. The molecule has 0 saturated heterocycles. The number of H-pyrrole nitrogens is 1. The Balaban J connectivity index is 2.86. The fourth-order valence-electron chi connectivity index (χ4n) is 1.24. The smallest absolute Gasteiger partial charge is 0.138 e. The molecule has 0 aliphatic rings. The number of hydrogen-bond donors (Lipinski definition) is 1. The summed E-state index contributed by atoms with van der Waals surface area (Å²) in [4.78, 5) is 7.08. The SMILES string of the molecule is Cc1c(Br)cnc2[nH]c(C#N)cc12. The third-order valence-corrected chi connectivity index (χ3v) is 2.79. The van der Waals surface area contributed by atoms with Crippen LogP contribution in [0.15, 0.2) is 16.7 Å². The molecule has 64 valence electrons. The fourth-order valence-corrected chi connectivity index (χ4v) is 1.55. The van der Waals surface area contributed by atoms with E-state index in [-0.39, 0.29) is 0 Å². The number of aryl methyl sites for hydroxylation is 1. The van der Waals surface area contributed by atoms with Gasteiger partial charge in [0.05, 0.1) is 0 Å². The Bertz CT molecular complexity index is 507. The first-order chi connectivity index (χ1) is 6.22. The molecule has 0 bridgehead atoms. The van der Waals surface area contributed by atoms with E-state index in [4.69, 9.17) is 5.26 Å². The van der Waals surface area contributed by atoms with E-state index in [2.05, 4.69) is 32.0 Å². The Morgan fingerprint density at radius 1 is 1.62 bits per heavy atom. The van der Waals surface area contributed by atoms with E-state index in [1.54, 1.807) is 6.20 Å². The second-order valence-electron chi connectivity index (χ2n) is 2.79. The van der Waals surface area contributed by atoms with E-state index in [0.29, 0.717) is 5.69 Å². The highest BCUT2D eigenvalue weighted by atomic mass is 79.9. The Kier molecular flexibility index (Phi) is 1.82. The molecule has 0 saturated carbocycles. The number of fused-ring (bicyclic) bond motifs is 1. The molecule has 1 N–H and O–H groups in total. The van der Waals surface area contributed by atoms with Crippen LogP contribution in [-0.2, 0) is 0 Å². The summed E-state index contributed by atoms with van der Waals surface area (Å²) in [6, 6.07) is 3.86. The fraction of sp³-hybridized carbons (Fsp3) is 0.111. The molecule has 3 nitrogen and oxygen atoms in total. The van der Waals surface area contributed by atoms with Crippen molar-refractivity contribution in [2.75, 3.05) is 0 Å². The van der Waals surface area contributed by atoms with Gasteiger partial charge in [-0.15, -0.1) is 0 Å². The van der Waals surface area contributed by atoms with E-state index in [1.807, 2.05) is 13.0 Å².